The number of aliphatic hydroxyl groups is 1. The molecule has 16 heavy (non-hydrogen) atoms. The molecule has 1 aromatic carbocycles. The molecule has 84 valence electrons. The van der Waals surface area contributed by atoms with Gasteiger partial charge in [0.2, 0.25) is 0 Å². The molecule has 3 N–H and O–H groups in total. The molecule has 1 atom stereocenters. The van der Waals surface area contributed by atoms with Crippen LogP contribution in [0.5, 0.6) is 0 Å². The molecular formula is C11H14N4O. The molecule has 0 unspecified atom stereocenters. The zero-order valence-corrected chi connectivity index (χ0v) is 9.04. The molecule has 0 amide bonds. The summed E-state index contributed by atoms with van der Waals surface area (Å²) >= 11 is 0. The lowest BCUT2D eigenvalue weighted by Gasteiger charge is -2.11. The average Bonchev–Trinajstić information content (AvgIpc) is 2.71. The van der Waals surface area contributed by atoms with E-state index in [9.17, 15) is 0 Å². The summed E-state index contributed by atoms with van der Waals surface area (Å²) in [5.41, 5.74) is 6.72. The number of aliphatic hydroxyl groups excluding tert-OH is 1. The Morgan fingerprint density at radius 1 is 1.31 bits per heavy atom. The number of aromatic nitrogens is 3. The zero-order chi connectivity index (χ0) is 11.5. The van der Waals surface area contributed by atoms with E-state index in [0.29, 0.717) is 5.82 Å². The van der Waals surface area contributed by atoms with Gasteiger partial charge in [-0.15, -0.1) is 10.2 Å². The molecule has 2 rings (SSSR count). The highest BCUT2D eigenvalue weighted by Gasteiger charge is 2.16. The second-order valence-corrected chi connectivity index (χ2v) is 3.57. The highest BCUT2D eigenvalue weighted by Crippen LogP contribution is 2.16. The Morgan fingerprint density at radius 2 is 2.00 bits per heavy atom. The van der Waals surface area contributed by atoms with Crippen LogP contribution < -0.4 is 5.73 Å². The maximum absolute atomic E-state index is 9.06. The Hall–Kier alpha value is -1.72. The fourth-order valence-corrected chi connectivity index (χ4v) is 1.60. The summed E-state index contributed by atoms with van der Waals surface area (Å²) in [6.07, 6.45) is 0. The van der Waals surface area contributed by atoms with Crippen LogP contribution in [0.3, 0.4) is 0 Å². The Kier molecular flexibility index (Phi) is 2.98. The van der Waals surface area contributed by atoms with Gasteiger partial charge in [-0.05, 0) is 19.1 Å². The minimum Gasteiger partial charge on any atom is -0.394 e. The number of nitrogens with zero attached hydrogens (tertiary/aromatic N) is 3. The van der Waals surface area contributed by atoms with Crippen molar-refractivity contribution in [1.82, 2.24) is 14.8 Å². The first-order valence-corrected chi connectivity index (χ1v) is 5.08. The molecule has 0 saturated carbocycles. The number of hydrogen-bond donors (Lipinski definition) is 2. The third-order valence-corrected chi connectivity index (χ3v) is 2.39. The van der Waals surface area contributed by atoms with Crippen LogP contribution in [0.1, 0.15) is 17.7 Å². The van der Waals surface area contributed by atoms with Gasteiger partial charge in [0.25, 0.3) is 0 Å². The molecule has 0 bridgehead atoms. The van der Waals surface area contributed by atoms with Gasteiger partial charge < -0.3 is 10.8 Å². The summed E-state index contributed by atoms with van der Waals surface area (Å²) in [4.78, 5) is 0. The summed E-state index contributed by atoms with van der Waals surface area (Å²) in [7, 11) is 0. The van der Waals surface area contributed by atoms with Crippen molar-refractivity contribution in [1.29, 1.82) is 0 Å². The molecule has 0 aliphatic rings. The van der Waals surface area contributed by atoms with E-state index in [1.54, 1.807) is 0 Å². The van der Waals surface area contributed by atoms with Crippen molar-refractivity contribution >= 4 is 0 Å². The highest BCUT2D eigenvalue weighted by molar-refractivity contribution is 5.34. The lowest BCUT2D eigenvalue weighted by Crippen LogP contribution is -2.19. The summed E-state index contributed by atoms with van der Waals surface area (Å²) in [5.74, 6) is 1.33. The molecule has 1 aromatic heterocycles. The lowest BCUT2D eigenvalue weighted by molar-refractivity contribution is 0.262. The van der Waals surface area contributed by atoms with Crippen LogP contribution in [0.15, 0.2) is 30.3 Å². The van der Waals surface area contributed by atoms with Crippen LogP contribution in [-0.2, 0) is 0 Å². The third kappa shape index (κ3) is 1.82. The summed E-state index contributed by atoms with van der Waals surface area (Å²) in [6.45, 7) is 1.71. The van der Waals surface area contributed by atoms with Gasteiger partial charge in [-0.1, -0.05) is 18.2 Å². The topological polar surface area (TPSA) is 77.0 Å². The minimum atomic E-state index is -0.513. The van der Waals surface area contributed by atoms with E-state index in [1.165, 1.54) is 0 Å². The van der Waals surface area contributed by atoms with E-state index in [2.05, 4.69) is 10.2 Å². The average molecular weight is 218 g/mol. The first-order valence-electron chi connectivity index (χ1n) is 5.08. The number of benzene rings is 1. The van der Waals surface area contributed by atoms with E-state index in [4.69, 9.17) is 10.8 Å². The number of rotatable bonds is 3. The number of nitrogens with two attached hydrogens (primary N) is 1. The Bertz CT molecular complexity index is 466. The van der Waals surface area contributed by atoms with E-state index in [0.717, 1.165) is 11.5 Å². The molecule has 5 heteroatoms. The third-order valence-electron chi connectivity index (χ3n) is 2.39. The zero-order valence-electron chi connectivity index (χ0n) is 9.04. The molecule has 0 saturated heterocycles. The van der Waals surface area contributed by atoms with Crippen molar-refractivity contribution in [2.75, 3.05) is 6.61 Å². The van der Waals surface area contributed by atoms with E-state index < -0.39 is 6.04 Å². The van der Waals surface area contributed by atoms with Crippen molar-refractivity contribution in [2.24, 2.45) is 5.73 Å². The van der Waals surface area contributed by atoms with Crippen molar-refractivity contribution < 1.29 is 5.11 Å². The predicted octanol–water partition coefficient (Wildman–Crippen LogP) is 0.568. The van der Waals surface area contributed by atoms with Crippen LogP contribution in [0.4, 0.5) is 0 Å². The maximum Gasteiger partial charge on any atom is 0.156 e. The van der Waals surface area contributed by atoms with E-state index >= 15 is 0 Å². The molecule has 0 aliphatic heterocycles. The van der Waals surface area contributed by atoms with Gasteiger partial charge in [-0.25, -0.2) is 0 Å². The van der Waals surface area contributed by atoms with Crippen molar-refractivity contribution in [3.8, 4) is 5.69 Å². The molecule has 2 aromatic rings. The standard InChI is InChI=1S/C11H14N4O/c1-8-13-14-11(10(12)7-16)15(8)9-5-3-2-4-6-9/h2-6,10,16H,7,12H2,1H3/t10-/m0/s1. The monoisotopic (exact) mass is 218 g/mol. The maximum atomic E-state index is 9.06. The predicted molar refractivity (Wildman–Crippen MR) is 60.1 cm³/mol. The molecular weight excluding hydrogens is 204 g/mol. The SMILES string of the molecule is Cc1nnc([C@@H](N)CO)n1-c1ccccc1. The quantitative estimate of drug-likeness (QED) is 0.789. The van der Waals surface area contributed by atoms with Crippen LogP contribution in [0, 0.1) is 6.92 Å². The summed E-state index contributed by atoms with van der Waals surface area (Å²) in [6, 6.07) is 9.19. The van der Waals surface area contributed by atoms with Gasteiger partial charge >= 0.3 is 0 Å². The van der Waals surface area contributed by atoms with E-state index in [1.807, 2.05) is 41.8 Å². The Balaban J connectivity index is 2.52. The first kappa shape index (κ1) is 10.8. The van der Waals surface area contributed by atoms with Crippen LogP contribution in [-0.4, -0.2) is 26.5 Å². The fourth-order valence-electron chi connectivity index (χ4n) is 1.60. The second kappa shape index (κ2) is 4.42. The molecule has 0 spiro atoms. The largest absolute Gasteiger partial charge is 0.394 e. The van der Waals surface area contributed by atoms with Gasteiger partial charge in [0, 0.05) is 5.69 Å². The number of hydrogen-bond acceptors (Lipinski definition) is 4. The Labute approximate surface area is 93.5 Å². The normalized spacial score (nSPS) is 12.7. The molecule has 0 radical (unpaired) electrons. The van der Waals surface area contributed by atoms with Gasteiger partial charge in [-0.3, -0.25) is 4.57 Å². The van der Waals surface area contributed by atoms with Crippen LogP contribution >= 0.6 is 0 Å². The van der Waals surface area contributed by atoms with Crippen LogP contribution in [0.2, 0.25) is 0 Å². The second-order valence-electron chi connectivity index (χ2n) is 3.57. The number of para-hydroxylation sites is 1. The molecule has 0 fully saturated rings. The van der Waals surface area contributed by atoms with Crippen molar-refractivity contribution in [3.05, 3.63) is 42.0 Å². The van der Waals surface area contributed by atoms with Gasteiger partial charge in [-0.2, -0.15) is 0 Å². The van der Waals surface area contributed by atoms with Crippen molar-refractivity contribution in [2.45, 2.75) is 13.0 Å². The lowest BCUT2D eigenvalue weighted by atomic mass is 10.2. The molecule has 5 nitrogen and oxygen atoms in total. The highest BCUT2D eigenvalue weighted by atomic mass is 16.3. The van der Waals surface area contributed by atoms with Gasteiger partial charge in [0.15, 0.2) is 5.82 Å². The number of aryl methyl sites for hydroxylation is 1. The first-order chi connectivity index (χ1) is 7.74. The minimum absolute atomic E-state index is 0.148. The molecule has 0 aliphatic carbocycles. The fraction of sp³-hybridized carbons (Fsp3) is 0.273. The summed E-state index contributed by atoms with van der Waals surface area (Å²) in [5, 5.41) is 17.0. The van der Waals surface area contributed by atoms with Crippen molar-refractivity contribution in [3.63, 3.8) is 0 Å². The summed E-state index contributed by atoms with van der Waals surface area (Å²) < 4.78 is 1.85. The van der Waals surface area contributed by atoms with Crippen LogP contribution in [0.25, 0.3) is 5.69 Å². The Morgan fingerprint density at radius 3 is 2.62 bits per heavy atom. The molecule has 1 heterocycles. The van der Waals surface area contributed by atoms with E-state index in [-0.39, 0.29) is 6.61 Å². The van der Waals surface area contributed by atoms with Gasteiger partial charge in [0.1, 0.15) is 5.82 Å². The smallest absolute Gasteiger partial charge is 0.156 e. The van der Waals surface area contributed by atoms with Gasteiger partial charge in [0.05, 0.1) is 12.6 Å².